The summed E-state index contributed by atoms with van der Waals surface area (Å²) in [4.78, 5) is 12.1. The second kappa shape index (κ2) is 15.2. The molecular formula is C33H44NO4+. The van der Waals surface area contributed by atoms with Gasteiger partial charge in [-0.25, -0.2) is 0 Å². The standard InChI is InChI=1S/C33H44NO4/c1-27-13-9-10-14-29(27)26-38-32-21-19-31(20-22-32)36-23-11-7-5-6-8-12-24-37-33(35)25-28-15-17-30(18-16-28)34(2,3)4/h9-10,13-22H,5-8,11-12,23-26H2,1-4H3/q+1. The van der Waals surface area contributed by atoms with Gasteiger partial charge in [0.2, 0.25) is 0 Å². The first-order valence-corrected chi connectivity index (χ1v) is 13.8. The van der Waals surface area contributed by atoms with Gasteiger partial charge in [0, 0.05) is 0 Å². The molecule has 5 nitrogen and oxygen atoms in total. The Morgan fingerprint density at radius 3 is 1.89 bits per heavy atom. The highest BCUT2D eigenvalue weighted by Gasteiger charge is 2.12. The van der Waals surface area contributed by atoms with Crippen LogP contribution in [0.2, 0.25) is 0 Å². The molecule has 0 bridgehead atoms. The SMILES string of the molecule is Cc1ccccc1COc1ccc(OCCCCCCCCOC(=O)Cc2ccc([N+](C)(C)C)cc2)cc1. The quantitative estimate of drug-likeness (QED) is 0.114. The highest BCUT2D eigenvalue weighted by molar-refractivity contribution is 5.72. The van der Waals surface area contributed by atoms with Crippen LogP contribution in [0.5, 0.6) is 11.5 Å². The molecule has 3 aromatic carbocycles. The van der Waals surface area contributed by atoms with Crippen molar-refractivity contribution >= 4 is 11.7 Å². The van der Waals surface area contributed by atoms with E-state index in [1.54, 1.807) is 0 Å². The average Bonchev–Trinajstić information content (AvgIpc) is 2.90. The molecule has 0 aliphatic rings. The maximum atomic E-state index is 12.1. The number of benzene rings is 3. The lowest BCUT2D eigenvalue weighted by atomic mass is 10.1. The monoisotopic (exact) mass is 518 g/mol. The number of hydrogen-bond acceptors (Lipinski definition) is 4. The number of esters is 1. The second-order valence-corrected chi connectivity index (χ2v) is 10.7. The maximum Gasteiger partial charge on any atom is 0.310 e. The van der Waals surface area contributed by atoms with Gasteiger partial charge in [-0.15, -0.1) is 0 Å². The Morgan fingerprint density at radius 2 is 1.26 bits per heavy atom. The fourth-order valence-corrected chi connectivity index (χ4v) is 4.13. The van der Waals surface area contributed by atoms with E-state index < -0.39 is 0 Å². The minimum Gasteiger partial charge on any atom is -0.494 e. The van der Waals surface area contributed by atoms with E-state index in [2.05, 4.69) is 52.3 Å². The van der Waals surface area contributed by atoms with E-state index in [1.807, 2.05) is 48.5 Å². The van der Waals surface area contributed by atoms with Crippen LogP contribution in [-0.2, 0) is 22.6 Å². The van der Waals surface area contributed by atoms with Gasteiger partial charge in [0.25, 0.3) is 0 Å². The van der Waals surface area contributed by atoms with Crippen molar-refractivity contribution in [1.82, 2.24) is 4.48 Å². The van der Waals surface area contributed by atoms with Crippen molar-refractivity contribution in [2.24, 2.45) is 0 Å². The molecule has 0 N–H and O–H groups in total. The molecule has 0 aliphatic carbocycles. The topological polar surface area (TPSA) is 44.8 Å². The molecule has 0 spiro atoms. The van der Waals surface area contributed by atoms with E-state index in [4.69, 9.17) is 14.2 Å². The third kappa shape index (κ3) is 10.6. The van der Waals surface area contributed by atoms with Crippen LogP contribution < -0.4 is 14.0 Å². The van der Waals surface area contributed by atoms with Gasteiger partial charge in [-0.3, -0.25) is 9.28 Å². The Morgan fingerprint density at radius 1 is 0.684 bits per heavy atom. The van der Waals surface area contributed by atoms with E-state index >= 15 is 0 Å². The molecule has 0 saturated heterocycles. The van der Waals surface area contributed by atoms with E-state index in [0.717, 1.165) is 60.3 Å². The first kappa shape index (κ1) is 29.2. The molecule has 3 rings (SSSR count). The second-order valence-electron chi connectivity index (χ2n) is 10.7. The molecule has 0 atom stereocenters. The van der Waals surface area contributed by atoms with Crippen LogP contribution in [0.3, 0.4) is 0 Å². The van der Waals surface area contributed by atoms with E-state index in [1.165, 1.54) is 23.2 Å². The number of quaternary nitrogens is 1. The van der Waals surface area contributed by atoms with Crippen molar-refractivity contribution in [2.45, 2.75) is 58.5 Å². The molecule has 0 radical (unpaired) electrons. The van der Waals surface area contributed by atoms with Crippen LogP contribution >= 0.6 is 0 Å². The Bertz CT molecular complexity index is 1100. The first-order chi connectivity index (χ1) is 18.3. The molecule has 3 aromatic rings. The number of unbranched alkanes of at least 4 members (excludes halogenated alkanes) is 5. The van der Waals surface area contributed by atoms with Crippen LogP contribution in [0.25, 0.3) is 0 Å². The molecule has 5 heteroatoms. The van der Waals surface area contributed by atoms with Crippen molar-refractivity contribution in [3.05, 3.63) is 89.5 Å². The summed E-state index contributed by atoms with van der Waals surface area (Å²) in [6.07, 6.45) is 6.82. The fourth-order valence-electron chi connectivity index (χ4n) is 4.13. The number of rotatable bonds is 16. The number of nitrogens with zero attached hydrogens (tertiary/aromatic N) is 1. The summed E-state index contributed by atoms with van der Waals surface area (Å²) in [5, 5.41) is 0. The van der Waals surface area contributed by atoms with Crippen molar-refractivity contribution in [2.75, 3.05) is 34.4 Å². The van der Waals surface area contributed by atoms with Crippen LogP contribution in [0.4, 0.5) is 5.69 Å². The summed E-state index contributed by atoms with van der Waals surface area (Å²) >= 11 is 0. The molecule has 38 heavy (non-hydrogen) atoms. The minimum atomic E-state index is -0.147. The number of carbonyl (C=O) groups is 1. The average molecular weight is 519 g/mol. The number of ether oxygens (including phenoxy) is 3. The zero-order valence-corrected chi connectivity index (χ0v) is 23.6. The van der Waals surface area contributed by atoms with Gasteiger partial charge < -0.3 is 14.2 Å². The predicted octanol–water partition coefficient (Wildman–Crippen LogP) is 7.28. The summed E-state index contributed by atoms with van der Waals surface area (Å²) in [6, 6.07) is 24.3. The third-order valence-electron chi connectivity index (χ3n) is 6.61. The number of hydrogen-bond donors (Lipinski definition) is 0. The Labute approximate surface area is 228 Å². The Hall–Kier alpha value is -3.31. The zero-order valence-electron chi connectivity index (χ0n) is 23.6. The third-order valence-corrected chi connectivity index (χ3v) is 6.61. The van der Waals surface area contributed by atoms with Crippen LogP contribution in [0.1, 0.15) is 55.2 Å². The van der Waals surface area contributed by atoms with E-state index in [0.29, 0.717) is 19.6 Å². The van der Waals surface area contributed by atoms with Crippen LogP contribution in [-0.4, -0.2) is 40.3 Å². The molecule has 0 aliphatic heterocycles. The van der Waals surface area contributed by atoms with Gasteiger partial charge in [-0.2, -0.15) is 0 Å². The fraction of sp³-hybridized carbons (Fsp3) is 0.424. The van der Waals surface area contributed by atoms with Gasteiger partial charge in [0.15, 0.2) is 0 Å². The summed E-state index contributed by atoms with van der Waals surface area (Å²) in [5.74, 6) is 1.57. The molecule has 0 amide bonds. The Kier molecular flexibility index (Phi) is 11.7. The highest BCUT2D eigenvalue weighted by Crippen LogP contribution is 2.20. The molecular weight excluding hydrogens is 474 g/mol. The maximum absolute atomic E-state index is 12.1. The minimum absolute atomic E-state index is 0.147. The lowest BCUT2D eigenvalue weighted by Gasteiger charge is -2.23. The predicted molar refractivity (Wildman–Crippen MR) is 156 cm³/mol. The van der Waals surface area contributed by atoms with Gasteiger partial charge in [0.05, 0.1) is 40.8 Å². The molecule has 0 saturated carbocycles. The lowest BCUT2D eigenvalue weighted by Crippen LogP contribution is -2.34. The summed E-state index contributed by atoms with van der Waals surface area (Å²) < 4.78 is 17.9. The van der Waals surface area contributed by atoms with Crippen molar-refractivity contribution < 1.29 is 19.0 Å². The van der Waals surface area contributed by atoms with Gasteiger partial charge in [-0.05, 0) is 72.9 Å². The largest absolute Gasteiger partial charge is 0.494 e. The zero-order chi connectivity index (χ0) is 27.2. The lowest BCUT2D eigenvalue weighted by molar-refractivity contribution is -0.142. The van der Waals surface area contributed by atoms with Crippen molar-refractivity contribution in [3.8, 4) is 11.5 Å². The van der Waals surface area contributed by atoms with E-state index in [-0.39, 0.29) is 5.97 Å². The molecule has 0 heterocycles. The molecule has 0 fully saturated rings. The van der Waals surface area contributed by atoms with Gasteiger partial charge in [0.1, 0.15) is 23.8 Å². The van der Waals surface area contributed by atoms with Crippen molar-refractivity contribution in [3.63, 3.8) is 0 Å². The first-order valence-electron chi connectivity index (χ1n) is 13.8. The van der Waals surface area contributed by atoms with Crippen LogP contribution in [0, 0.1) is 6.92 Å². The van der Waals surface area contributed by atoms with Crippen molar-refractivity contribution in [1.29, 1.82) is 0 Å². The normalized spacial score (nSPS) is 11.3. The Balaban J connectivity index is 1.17. The summed E-state index contributed by atoms with van der Waals surface area (Å²) in [7, 11) is 6.38. The van der Waals surface area contributed by atoms with E-state index in [9.17, 15) is 4.79 Å². The smallest absolute Gasteiger partial charge is 0.310 e. The number of aryl methyl sites for hydroxylation is 1. The molecule has 204 valence electrons. The molecule has 0 unspecified atom stereocenters. The number of carbonyl (C=O) groups excluding carboxylic acids is 1. The summed E-state index contributed by atoms with van der Waals surface area (Å²) in [5.41, 5.74) is 4.65. The van der Waals surface area contributed by atoms with Crippen LogP contribution in [0.15, 0.2) is 72.8 Å². The summed E-state index contributed by atoms with van der Waals surface area (Å²) in [6.45, 7) is 3.89. The van der Waals surface area contributed by atoms with Gasteiger partial charge >= 0.3 is 5.97 Å². The van der Waals surface area contributed by atoms with Gasteiger partial charge in [-0.1, -0.05) is 62.1 Å². The molecule has 0 aromatic heterocycles. The highest BCUT2D eigenvalue weighted by atomic mass is 16.5.